The predicted octanol–water partition coefficient (Wildman–Crippen LogP) is 2.00. The van der Waals surface area contributed by atoms with Crippen molar-refractivity contribution in [3.8, 4) is 5.75 Å². The highest BCUT2D eigenvalue weighted by Crippen LogP contribution is 2.19. The predicted molar refractivity (Wildman–Crippen MR) is 89.3 cm³/mol. The molecule has 3 N–H and O–H groups in total. The molecule has 0 radical (unpaired) electrons. The van der Waals surface area contributed by atoms with Gasteiger partial charge in [0.2, 0.25) is 0 Å². The maximum Gasteiger partial charge on any atom is 0.341 e. The number of anilines is 1. The molecule has 0 fully saturated rings. The molecule has 0 amide bonds. The largest absolute Gasteiger partial charge is 0.482 e. The SMILES string of the molecule is O=C(O)COc1cccc(CNc2n[nH]c(=O)c3ccccc23)c1. The molecule has 122 valence electrons. The van der Waals surface area contributed by atoms with Crippen LogP contribution in [0, 0.1) is 0 Å². The number of ether oxygens (including phenoxy) is 1. The summed E-state index contributed by atoms with van der Waals surface area (Å²) in [5.74, 6) is 0.0282. The van der Waals surface area contributed by atoms with Crippen LogP contribution in [0.3, 0.4) is 0 Å². The highest BCUT2D eigenvalue weighted by molar-refractivity contribution is 5.90. The van der Waals surface area contributed by atoms with Gasteiger partial charge in [0, 0.05) is 11.9 Å². The van der Waals surface area contributed by atoms with Gasteiger partial charge < -0.3 is 15.2 Å². The molecule has 1 aromatic heterocycles. The number of aliphatic carboxylic acids is 1. The monoisotopic (exact) mass is 325 g/mol. The van der Waals surface area contributed by atoms with Crippen LogP contribution in [0.4, 0.5) is 5.82 Å². The summed E-state index contributed by atoms with van der Waals surface area (Å²) in [5, 5.41) is 19.6. The number of nitrogens with one attached hydrogen (secondary N) is 2. The third-order valence-corrected chi connectivity index (χ3v) is 3.42. The molecule has 3 aromatic rings. The molecule has 1 heterocycles. The molecule has 0 aliphatic rings. The lowest BCUT2D eigenvalue weighted by Crippen LogP contribution is -2.12. The molecule has 2 aromatic carbocycles. The Morgan fingerprint density at radius 2 is 1.96 bits per heavy atom. The molecule has 0 unspecified atom stereocenters. The molecule has 0 spiro atoms. The fourth-order valence-corrected chi connectivity index (χ4v) is 2.33. The first-order valence-corrected chi connectivity index (χ1v) is 7.28. The highest BCUT2D eigenvalue weighted by atomic mass is 16.5. The van der Waals surface area contributed by atoms with E-state index in [1.807, 2.05) is 18.2 Å². The van der Waals surface area contributed by atoms with Gasteiger partial charge >= 0.3 is 5.97 Å². The topological polar surface area (TPSA) is 104 Å². The summed E-state index contributed by atoms with van der Waals surface area (Å²) in [7, 11) is 0. The number of hydrogen-bond donors (Lipinski definition) is 3. The van der Waals surface area contributed by atoms with E-state index in [1.54, 1.807) is 30.3 Å². The molecule has 7 heteroatoms. The zero-order valence-corrected chi connectivity index (χ0v) is 12.7. The molecule has 0 saturated heterocycles. The Hall–Kier alpha value is -3.35. The van der Waals surface area contributed by atoms with Gasteiger partial charge in [-0.3, -0.25) is 4.79 Å². The molecule has 0 saturated carbocycles. The molecule has 24 heavy (non-hydrogen) atoms. The van der Waals surface area contributed by atoms with Crippen LogP contribution in [0.25, 0.3) is 10.8 Å². The average molecular weight is 325 g/mol. The quantitative estimate of drug-likeness (QED) is 0.640. The Bertz CT molecular complexity index is 936. The second-order valence-electron chi connectivity index (χ2n) is 5.13. The molecular weight excluding hydrogens is 310 g/mol. The van der Waals surface area contributed by atoms with Crippen LogP contribution in [0.15, 0.2) is 53.3 Å². The Balaban J connectivity index is 1.77. The van der Waals surface area contributed by atoms with E-state index in [0.29, 0.717) is 23.5 Å². The summed E-state index contributed by atoms with van der Waals surface area (Å²) in [6.45, 7) is 0.0658. The van der Waals surface area contributed by atoms with E-state index >= 15 is 0 Å². The number of H-pyrrole nitrogens is 1. The van der Waals surface area contributed by atoms with Crippen molar-refractivity contribution >= 4 is 22.6 Å². The van der Waals surface area contributed by atoms with Crippen molar-refractivity contribution in [2.75, 3.05) is 11.9 Å². The van der Waals surface area contributed by atoms with E-state index in [2.05, 4.69) is 15.5 Å². The molecule has 0 aliphatic heterocycles. The summed E-state index contributed by atoms with van der Waals surface area (Å²) >= 11 is 0. The van der Waals surface area contributed by atoms with Crippen molar-refractivity contribution in [1.82, 2.24) is 10.2 Å². The molecule has 3 rings (SSSR count). The number of benzene rings is 2. The summed E-state index contributed by atoms with van der Waals surface area (Å²) in [5.41, 5.74) is 0.662. The average Bonchev–Trinajstić information content (AvgIpc) is 2.60. The zero-order chi connectivity index (χ0) is 16.9. The second kappa shape index (κ2) is 6.82. The number of carbonyl (C=O) groups is 1. The number of aromatic nitrogens is 2. The minimum Gasteiger partial charge on any atom is -0.482 e. The van der Waals surface area contributed by atoms with Crippen molar-refractivity contribution in [3.05, 3.63) is 64.4 Å². The van der Waals surface area contributed by atoms with Crippen molar-refractivity contribution in [1.29, 1.82) is 0 Å². The highest BCUT2D eigenvalue weighted by Gasteiger charge is 2.06. The van der Waals surface area contributed by atoms with Crippen LogP contribution in [-0.4, -0.2) is 27.9 Å². The molecule has 0 bridgehead atoms. The van der Waals surface area contributed by atoms with Crippen molar-refractivity contribution in [2.24, 2.45) is 0 Å². The van der Waals surface area contributed by atoms with Crippen LogP contribution in [-0.2, 0) is 11.3 Å². The van der Waals surface area contributed by atoms with Gasteiger partial charge in [-0.25, -0.2) is 9.89 Å². The standard InChI is InChI=1S/C17H15N3O4/c21-15(22)10-24-12-5-3-4-11(8-12)9-18-16-13-6-1-2-7-14(13)17(23)20-19-16/h1-8H,9-10H2,(H,18,19)(H,20,23)(H,21,22). The lowest BCUT2D eigenvalue weighted by molar-refractivity contribution is -0.139. The van der Waals surface area contributed by atoms with Gasteiger partial charge in [-0.1, -0.05) is 30.3 Å². The Morgan fingerprint density at radius 1 is 1.17 bits per heavy atom. The van der Waals surface area contributed by atoms with Crippen molar-refractivity contribution in [3.63, 3.8) is 0 Å². The maximum atomic E-state index is 11.8. The Kier molecular flexibility index (Phi) is 4.42. The molecule has 0 aliphatic carbocycles. The number of aromatic amines is 1. The van der Waals surface area contributed by atoms with Gasteiger partial charge in [0.25, 0.3) is 5.56 Å². The van der Waals surface area contributed by atoms with Crippen LogP contribution < -0.4 is 15.6 Å². The number of fused-ring (bicyclic) bond motifs is 1. The van der Waals surface area contributed by atoms with Gasteiger partial charge in [-0.15, -0.1) is 0 Å². The van der Waals surface area contributed by atoms with Crippen LogP contribution in [0.1, 0.15) is 5.56 Å². The maximum absolute atomic E-state index is 11.8. The number of nitrogens with zero attached hydrogens (tertiary/aromatic N) is 1. The van der Waals surface area contributed by atoms with Crippen LogP contribution in [0.5, 0.6) is 5.75 Å². The lowest BCUT2D eigenvalue weighted by atomic mass is 10.1. The van der Waals surface area contributed by atoms with Gasteiger partial charge in [0.15, 0.2) is 12.4 Å². The lowest BCUT2D eigenvalue weighted by Gasteiger charge is -2.09. The first-order chi connectivity index (χ1) is 11.6. The normalized spacial score (nSPS) is 10.5. The number of carboxylic acid groups (broad SMARTS) is 1. The third-order valence-electron chi connectivity index (χ3n) is 3.42. The van der Waals surface area contributed by atoms with Gasteiger partial charge in [0.05, 0.1) is 5.39 Å². The van der Waals surface area contributed by atoms with E-state index < -0.39 is 5.97 Å². The molecule has 0 atom stereocenters. The van der Waals surface area contributed by atoms with Crippen molar-refractivity contribution in [2.45, 2.75) is 6.54 Å². The first-order valence-electron chi connectivity index (χ1n) is 7.28. The van der Waals surface area contributed by atoms with Gasteiger partial charge in [-0.05, 0) is 23.8 Å². The van der Waals surface area contributed by atoms with Crippen LogP contribution >= 0.6 is 0 Å². The number of hydrogen-bond acceptors (Lipinski definition) is 5. The summed E-state index contributed by atoms with van der Waals surface area (Å²) < 4.78 is 5.16. The van der Waals surface area contributed by atoms with E-state index in [9.17, 15) is 9.59 Å². The number of carboxylic acids is 1. The number of rotatable bonds is 6. The first kappa shape index (κ1) is 15.5. The van der Waals surface area contributed by atoms with E-state index in [1.165, 1.54) is 0 Å². The van der Waals surface area contributed by atoms with E-state index in [-0.39, 0.29) is 12.2 Å². The fourth-order valence-electron chi connectivity index (χ4n) is 2.33. The zero-order valence-electron chi connectivity index (χ0n) is 12.7. The fraction of sp³-hybridized carbons (Fsp3) is 0.118. The minimum atomic E-state index is -1.03. The Labute approximate surface area is 136 Å². The molecular formula is C17H15N3O4. The summed E-state index contributed by atoms with van der Waals surface area (Å²) in [6, 6.07) is 14.3. The van der Waals surface area contributed by atoms with Gasteiger partial charge in [-0.2, -0.15) is 5.10 Å². The van der Waals surface area contributed by atoms with Crippen molar-refractivity contribution < 1.29 is 14.6 Å². The second-order valence-corrected chi connectivity index (χ2v) is 5.13. The smallest absolute Gasteiger partial charge is 0.341 e. The summed E-state index contributed by atoms with van der Waals surface area (Å²) in [6.07, 6.45) is 0. The minimum absolute atomic E-state index is 0.236. The van der Waals surface area contributed by atoms with Crippen LogP contribution in [0.2, 0.25) is 0 Å². The van der Waals surface area contributed by atoms with E-state index in [4.69, 9.17) is 9.84 Å². The van der Waals surface area contributed by atoms with Gasteiger partial charge in [0.1, 0.15) is 5.75 Å². The summed E-state index contributed by atoms with van der Waals surface area (Å²) in [4.78, 5) is 22.3. The molecule has 7 nitrogen and oxygen atoms in total. The van der Waals surface area contributed by atoms with E-state index in [0.717, 1.165) is 10.9 Å². The third kappa shape index (κ3) is 3.52. The Morgan fingerprint density at radius 3 is 2.75 bits per heavy atom.